The summed E-state index contributed by atoms with van der Waals surface area (Å²) >= 11 is 0. The highest BCUT2D eigenvalue weighted by Gasteiger charge is 2.41. The first-order valence-corrected chi connectivity index (χ1v) is 7.88. The van der Waals surface area contributed by atoms with Gasteiger partial charge in [-0.05, 0) is 20.8 Å². The molecular weight excluding hydrogens is 282 g/mol. The summed E-state index contributed by atoms with van der Waals surface area (Å²) in [5, 5.41) is 9.54. The molecule has 7 nitrogen and oxygen atoms in total. The van der Waals surface area contributed by atoms with Crippen molar-refractivity contribution in [3.8, 4) is 0 Å². The van der Waals surface area contributed by atoms with Gasteiger partial charge in [-0.2, -0.15) is 4.31 Å². The maximum absolute atomic E-state index is 12.8. The first-order valence-electron chi connectivity index (χ1n) is 6.44. The topological polar surface area (TPSA) is 84.7 Å². The van der Waals surface area contributed by atoms with Crippen molar-refractivity contribution in [3.05, 3.63) is 12.0 Å². The van der Waals surface area contributed by atoms with Crippen LogP contribution in [0.4, 0.5) is 0 Å². The lowest BCUT2D eigenvalue weighted by molar-refractivity contribution is -0.0972. The minimum absolute atomic E-state index is 0.131. The second kappa shape index (κ2) is 5.10. The predicted octanol–water partition coefficient (Wildman–Crippen LogP) is -0.111. The van der Waals surface area contributed by atoms with Crippen LogP contribution in [0, 0.1) is 6.92 Å². The molecule has 1 aliphatic heterocycles. The summed E-state index contributed by atoms with van der Waals surface area (Å²) in [6, 6.07) is -0.566. The van der Waals surface area contributed by atoms with Crippen LogP contribution in [0.2, 0.25) is 0 Å². The molecule has 1 N–H and O–H groups in total. The Morgan fingerprint density at radius 2 is 2.20 bits per heavy atom. The molecule has 1 aliphatic rings. The van der Waals surface area contributed by atoms with Gasteiger partial charge in [-0.1, -0.05) is 0 Å². The fraction of sp³-hybridized carbons (Fsp3) is 0.750. The van der Waals surface area contributed by atoms with Crippen molar-refractivity contribution >= 4 is 10.0 Å². The molecule has 114 valence electrons. The molecule has 0 spiro atoms. The Labute approximate surface area is 119 Å². The molecule has 0 amide bonds. The van der Waals surface area contributed by atoms with Crippen LogP contribution in [0.1, 0.15) is 19.7 Å². The molecule has 1 aromatic heterocycles. The molecule has 20 heavy (non-hydrogen) atoms. The minimum atomic E-state index is -3.71. The number of aromatic nitrogens is 2. The maximum Gasteiger partial charge on any atom is 0.260 e. The molecule has 0 aromatic carbocycles. The van der Waals surface area contributed by atoms with E-state index in [4.69, 9.17) is 4.74 Å². The zero-order valence-electron chi connectivity index (χ0n) is 12.2. The number of aliphatic hydroxyl groups is 1. The zero-order chi connectivity index (χ0) is 15.1. The summed E-state index contributed by atoms with van der Waals surface area (Å²) in [4.78, 5) is 4.03. The molecule has 0 radical (unpaired) electrons. The van der Waals surface area contributed by atoms with Crippen molar-refractivity contribution in [2.75, 3.05) is 19.8 Å². The van der Waals surface area contributed by atoms with Crippen LogP contribution in [0.3, 0.4) is 0 Å². The number of aliphatic hydroxyl groups excluding tert-OH is 1. The van der Waals surface area contributed by atoms with Crippen LogP contribution in [-0.2, 0) is 21.8 Å². The quantitative estimate of drug-likeness (QED) is 0.842. The van der Waals surface area contributed by atoms with Crippen molar-refractivity contribution in [1.82, 2.24) is 13.9 Å². The highest BCUT2D eigenvalue weighted by atomic mass is 32.2. The Hall–Kier alpha value is -0.960. The van der Waals surface area contributed by atoms with E-state index in [1.54, 1.807) is 14.0 Å². The lowest BCUT2D eigenvalue weighted by Gasteiger charge is -2.41. The lowest BCUT2D eigenvalue weighted by atomic mass is 10.1. The van der Waals surface area contributed by atoms with Crippen molar-refractivity contribution in [2.45, 2.75) is 37.4 Å². The van der Waals surface area contributed by atoms with E-state index >= 15 is 0 Å². The molecule has 1 unspecified atom stereocenters. The summed E-state index contributed by atoms with van der Waals surface area (Å²) in [5.74, 6) is 0.622. The second-order valence-electron chi connectivity index (χ2n) is 5.66. The van der Waals surface area contributed by atoms with Gasteiger partial charge in [0.2, 0.25) is 0 Å². The molecule has 2 rings (SSSR count). The standard InChI is InChI=1S/C12H21N3O4S/c1-9-13-5-11(14(9)4)20(17,18)15-8-12(2,3)19-7-10(15)6-16/h5,10,16H,6-8H2,1-4H3. The number of imidazole rings is 1. The molecule has 0 bridgehead atoms. The van der Waals surface area contributed by atoms with Gasteiger partial charge < -0.3 is 14.4 Å². The average molecular weight is 303 g/mol. The Morgan fingerprint density at radius 1 is 1.55 bits per heavy atom. The van der Waals surface area contributed by atoms with Gasteiger partial charge in [0.25, 0.3) is 10.0 Å². The van der Waals surface area contributed by atoms with E-state index in [1.807, 2.05) is 13.8 Å². The van der Waals surface area contributed by atoms with E-state index in [0.29, 0.717) is 5.82 Å². The summed E-state index contributed by atoms with van der Waals surface area (Å²) in [5.41, 5.74) is -0.577. The highest BCUT2D eigenvalue weighted by molar-refractivity contribution is 7.89. The molecule has 0 saturated carbocycles. The van der Waals surface area contributed by atoms with Gasteiger partial charge in [0.1, 0.15) is 5.82 Å². The molecule has 8 heteroatoms. The van der Waals surface area contributed by atoms with Crippen molar-refractivity contribution in [3.63, 3.8) is 0 Å². The summed E-state index contributed by atoms with van der Waals surface area (Å²) in [6.07, 6.45) is 1.35. The minimum Gasteiger partial charge on any atom is -0.395 e. The van der Waals surface area contributed by atoms with Crippen molar-refractivity contribution in [2.24, 2.45) is 7.05 Å². The molecule has 1 atom stereocenters. The first-order chi connectivity index (χ1) is 9.19. The van der Waals surface area contributed by atoms with Crippen LogP contribution in [0.5, 0.6) is 0 Å². The number of sulfonamides is 1. The van der Waals surface area contributed by atoms with Crippen molar-refractivity contribution in [1.29, 1.82) is 0 Å². The third-order valence-electron chi connectivity index (χ3n) is 3.57. The van der Waals surface area contributed by atoms with Crippen LogP contribution >= 0.6 is 0 Å². The molecule has 1 fully saturated rings. The SMILES string of the molecule is Cc1ncc(S(=O)(=O)N2CC(C)(C)OCC2CO)n1C. The van der Waals surface area contributed by atoms with Gasteiger partial charge in [-0.15, -0.1) is 0 Å². The van der Waals surface area contributed by atoms with Gasteiger partial charge >= 0.3 is 0 Å². The molecule has 1 saturated heterocycles. The largest absolute Gasteiger partial charge is 0.395 e. The highest BCUT2D eigenvalue weighted by Crippen LogP contribution is 2.27. The first kappa shape index (κ1) is 15.4. The van der Waals surface area contributed by atoms with Gasteiger partial charge in [-0.3, -0.25) is 0 Å². The molecule has 1 aromatic rings. The third-order valence-corrected chi connectivity index (χ3v) is 5.52. The molecular formula is C12H21N3O4S. The fourth-order valence-electron chi connectivity index (χ4n) is 2.22. The molecule has 2 heterocycles. The smallest absolute Gasteiger partial charge is 0.260 e. The van der Waals surface area contributed by atoms with Crippen molar-refractivity contribution < 1.29 is 18.3 Å². The summed E-state index contributed by atoms with van der Waals surface area (Å²) in [6.45, 7) is 5.51. The van der Waals surface area contributed by atoms with Gasteiger partial charge in [0.15, 0.2) is 5.03 Å². The number of hydrogen-bond acceptors (Lipinski definition) is 5. The van der Waals surface area contributed by atoms with E-state index in [2.05, 4.69) is 4.98 Å². The van der Waals surface area contributed by atoms with E-state index < -0.39 is 21.7 Å². The Kier molecular flexibility index (Phi) is 3.94. The Morgan fingerprint density at radius 3 is 2.70 bits per heavy atom. The summed E-state index contributed by atoms with van der Waals surface area (Å²) < 4.78 is 34.0. The molecule has 0 aliphatic carbocycles. The Bertz CT molecular complexity index is 594. The van der Waals surface area contributed by atoms with Gasteiger partial charge in [0, 0.05) is 13.6 Å². The maximum atomic E-state index is 12.8. The fourth-order valence-corrected chi connectivity index (χ4v) is 4.13. The second-order valence-corrected chi connectivity index (χ2v) is 7.50. The Balaban J connectivity index is 2.43. The number of morpholine rings is 1. The number of rotatable bonds is 3. The van der Waals surface area contributed by atoms with Gasteiger partial charge in [-0.25, -0.2) is 13.4 Å². The van der Waals surface area contributed by atoms with E-state index in [1.165, 1.54) is 15.1 Å². The summed E-state index contributed by atoms with van der Waals surface area (Å²) in [7, 11) is -2.05. The van der Waals surface area contributed by atoms with E-state index in [0.717, 1.165) is 0 Å². The van der Waals surface area contributed by atoms with Crippen LogP contribution in [0.25, 0.3) is 0 Å². The number of nitrogens with zero attached hydrogens (tertiary/aromatic N) is 3. The van der Waals surface area contributed by atoms with Gasteiger partial charge in [0.05, 0.1) is 31.1 Å². The monoisotopic (exact) mass is 303 g/mol. The normalized spacial score (nSPS) is 23.9. The number of ether oxygens (including phenoxy) is 1. The van der Waals surface area contributed by atoms with E-state index in [9.17, 15) is 13.5 Å². The number of aryl methyl sites for hydroxylation is 1. The van der Waals surface area contributed by atoms with Crippen LogP contribution < -0.4 is 0 Å². The third kappa shape index (κ3) is 2.60. The van der Waals surface area contributed by atoms with Crippen LogP contribution in [-0.4, -0.2) is 58.8 Å². The lowest BCUT2D eigenvalue weighted by Crippen LogP contribution is -2.57. The number of hydrogen-bond donors (Lipinski definition) is 1. The zero-order valence-corrected chi connectivity index (χ0v) is 13.0. The average Bonchev–Trinajstić information content (AvgIpc) is 2.69. The van der Waals surface area contributed by atoms with E-state index in [-0.39, 0.29) is 24.8 Å². The predicted molar refractivity (Wildman–Crippen MR) is 72.7 cm³/mol. The van der Waals surface area contributed by atoms with Crippen LogP contribution in [0.15, 0.2) is 11.2 Å².